The minimum atomic E-state index is 0.400. The first-order valence-electron chi connectivity index (χ1n) is 5.43. The van der Waals surface area contributed by atoms with Gasteiger partial charge in [-0.25, -0.2) is 4.98 Å². The van der Waals surface area contributed by atoms with E-state index in [-0.39, 0.29) is 0 Å². The summed E-state index contributed by atoms with van der Waals surface area (Å²) >= 11 is 1.59. The second-order valence-electron chi connectivity index (χ2n) is 5.34. The highest BCUT2D eigenvalue weighted by molar-refractivity contribution is 7.19. The van der Waals surface area contributed by atoms with E-state index in [9.17, 15) is 0 Å². The van der Waals surface area contributed by atoms with Crippen LogP contribution in [0.5, 0.6) is 0 Å². The molecule has 1 aliphatic heterocycles. The Morgan fingerprint density at radius 3 is 2.73 bits per heavy atom. The fraction of sp³-hybridized carbons (Fsp3) is 0.727. The Hall–Kier alpha value is -0.770. The summed E-state index contributed by atoms with van der Waals surface area (Å²) in [6.07, 6.45) is 3.02. The Kier molecular flexibility index (Phi) is 2.63. The fourth-order valence-electron chi connectivity index (χ4n) is 2.06. The highest BCUT2D eigenvalue weighted by Crippen LogP contribution is 2.36. The number of anilines is 2. The van der Waals surface area contributed by atoms with Gasteiger partial charge in [-0.15, -0.1) is 0 Å². The minimum absolute atomic E-state index is 0.400. The zero-order chi connectivity index (χ0) is 11.1. The number of hydrogen-bond acceptors (Lipinski definition) is 4. The molecule has 0 bridgehead atoms. The van der Waals surface area contributed by atoms with Crippen LogP contribution in [0.1, 0.15) is 27.2 Å². The summed E-state index contributed by atoms with van der Waals surface area (Å²) in [7, 11) is 0. The molecule has 2 N–H and O–H groups in total. The van der Waals surface area contributed by atoms with Crippen LogP contribution >= 0.6 is 11.3 Å². The van der Waals surface area contributed by atoms with Crippen molar-refractivity contribution < 1.29 is 0 Å². The molecule has 4 heteroatoms. The summed E-state index contributed by atoms with van der Waals surface area (Å²) in [5.41, 5.74) is 6.10. The zero-order valence-corrected chi connectivity index (χ0v) is 10.5. The summed E-state index contributed by atoms with van der Waals surface area (Å²) < 4.78 is 0. The molecule has 0 aromatic carbocycles. The summed E-state index contributed by atoms with van der Waals surface area (Å²) in [4.78, 5) is 6.69. The van der Waals surface area contributed by atoms with Crippen molar-refractivity contribution in [2.45, 2.75) is 27.2 Å². The lowest BCUT2D eigenvalue weighted by atomic mass is 9.80. The van der Waals surface area contributed by atoms with Gasteiger partial charge in [0.25, 0.3) is 0 Å². The molecule has 1 atom stereocenters. The number of thiazole rings is 1. The Bertz CT molecular complexity index is 340. The topological polar surface area (TPSA) is 42.2 Å². The van der Waals surface area contributed by atoms with Crippen LogP contribution in [0.4, 0.5) is 10.1 Å². The Morgan fingerprint density at radius 1 is 1.53 bits per heavy atom. The molecule has 1 unspecified atom stereocenters. The fourth-order valence-corrected chi connectivity index (χ4v) is 2.78. The minimum Gasteiger partial charge on any atom is -0.389 e. The zero-order valence-electron chi connectivity index (χ0n) is 9.66. The van der Waals surface area contributed by atoms with Gasteiger partial charge in [0.2, 0.25) is 0 Å². The largest absolute Gasteiger partial charge is 0.389 e. The third-order valence-electron chi connectivity index (χ3n) is 3.19. The number of nitrogens with zero attached hydrogens (tertiary/aromatic N) is 2. The summed E-state index contributed by atoms with van der Waals surface area (Å²) in [5, 5.41) is 1.89. The van der Waals surface area contributed by atoms with Gasteiger partial charge in [-0.2, -0.15) is 0 Å². The van der Waals surface area contributed by atoms with Gasteiger partial charge < -0.3 is 10.6 Å². The molecule has 1 aromatic heterocycles. The molecule has 2 heterocycles. The number of aromatic nitrogens is 1. The second-order valence-corrected chi connectivity index (χ2v) is 6.38. The predicted molar refractivity (Wildman–Crippen MR) is 66.3 cm³/mol. The standard InChI is InChI=1S/C11H19N3S/c1-11(2,3)8-4-5-14(7-8)10-13-6-9(12)15-10/h6,8H,4-5,7,12H2,1-3H3. The Labute approximate surface area is 95.3 Å². The molecular weight excluding hydrogens is 206 g/mol. The molecule has 1 saturated heterocycles. The van der Waals surface area contributed by atoms with Gasteiger partial charge in [-0.1, -0.05) is 32.1 Å². The number of hydrogen-bond donors (Lipinski definition) is 1. The van der Waals surface area contributed by atoms with Crippen LogP contribution in [-0.4, -0.2) is 18.1 Å². The van der Waals surface area contributed by atoms with Crippen LogP contribution in [0, 0.1) is 11.3 Å². The quantitative estimate of drug-likeness (QED) is 0.799. The first kappa shape index (κ1) is 10.7. The highest BCUT2D eigenvalue weighted by Gasteiger charge is 2.32. The van der Waals surface area contributed by atoms with Gasteiger partial charge in [0.15, 0.2) is 5.13 Å². The predicted octanol–water partition coefficient (Wildman–Crippen LogP) is 2.60. The molecule has 84 valence electrons. The van der Waals surface area contributed by atoms with E-state index in [0.717, 1.165) is 29.1 Å². The molecule has 0 aliphatic carbocycles. The smallest absolute Gasteiger partial charge is 0.187 e. The lowest BCUT2D eigenvalue weighted by molar-refractivity contribution is 0.263. The van der Waals surface area contributed by atoms with E-state index in [1.807, 2.05) is 0 Å². The average Bonchev–Trinajstić information content (AvgIpc) is 2.69. The SMILES string of the molecule is CC(C)(C)C1CCN(c2ncc(N)s2)C1. The molecule has 1 fully saturated rings. The van der Waals surface area contributed by atoms with Crippen molar-refractivity contribution in [3.05, 3.63) is 6.20 Å². The summed E-state index contributed by atoms with van der Waals surface area (Å²) in [6.45, 7) is 9.19. The Balaban J connectivity index is 2.04. The first-order chi connectivity index (χ1) is 6.97. The number of nitrogens with two attached hydrogens (primary N) is 1. The maximum atomic E-state index is 5.70. The van der Waals surface area contributed by atoms with Gasteiger partial charge in [-0.3, -0.25) is 0 Å². The third kappa shape index (κ3) is 2.25. The van der Waals surface area contributed by atoms with Crippen molar-refractivity contribution in [2.75, 3.05) is 23.7 Å². The Morgan fingerprint density at radius 2 is 2.27 bits per heavy atom. The average molecular weight is 225 g/mol. The van der Waals surface area contributed by atoms with E-state index >= 15 is 0 Å². The van der Waals surface area contributed by atoms with Crippen LogP contribution in [0.2, 0.25) is 0 Å². The molecule has 0 spiro atoms. The highest BCUT2D eigenvalue weighted by atomic mass is 32.1. The molecule has 0 saturated carbocycles. The van der Waals surface area contributed by atoms with Crippen molar-refractivity contribution in [1.29, 1.82) is 0 Å². The summed E-state index contributed by atoms with van der Waals surface area (Å²) in [5.74, 6) is 0.766. The van der Waals surface area contributed by atoms with Crippen LogP contribution in [0.15, 0.2) is 6.20 Å². The number of nitrogen functional groups attached to an aromatic ring is 1. The van der Waals surface area contributed by atoms with Gasteiger partial charge in [0, 0.05) is 13.1 Å². The number of rotatable bonds is 1. The van der Waals surface area contributed by atoms with Crippen molar-refractivity contribution in [1.82, 2.24) is 4.98 Å². The van der Waals surface area contributed by atoms with Crippen molar-refractivity contribution in [3.8, 4) is 0 Å². The molecule has 1 aliphatic rings. The monoisotopic (exact) mass is 225 g/mol. The molecule has 15 heavy (non-hydrogen) atoms. The third-order valence-corrected chi connectivity index (χ3v) is 4.08. The van der Waals surface area contributed by atoms with Gasteiger partial charge >= 0.3 is 0 Å². The van der Waals surface area contributed by atoms with Gasteiger partial charge in [0.05, 0.1) is 6.20 Å². The second kappa shape index (κ2) is 3.67. The van der Waals surface area contributed by atoms with Crippen molar-refractivity contribution in [3.63, 3.8) is 0 Å². The van der Waals surface area contributed by atoms with Crippen molar-refractivity contribution >= 4 is 21.5 Å². The molecule has 1 aromatic rings. The van der Waals surface area contributed by atoms with Crippen LogP contribution in [0.25, 0.3) is 0 Å². The van der Waals surface area contributed by atoms with Crippen LogP contribution < -0.4 is 10.6 Å². The van der Waals surface area contributed by atoms with Gasteiger partial charge in [-0.05, 0) is 17.8 Å². The van der Waals surface area contributed by atoms with Gasteiger partial charge in [0.1, 0.15) is 5.00 Å². The van der Waals surface area contributed by atoms with E-state index in [1.165, 1.54) is 6.42 Å². The van der Waals surface area contributed by atoms with E-state index < -0.39 is 0 Å². The molecule has 0 radical (unpaired) electrons. The van der Waals surface area contributed by atoms with E-state index in [2.05, 4.69) is 30.7 Å². The normalized spacial score (nSPS) is 22.3. The lowest BCUT2D eigenvalue weighted by Crippen LogP contribution is -2.25. The van der Waals surface area contributed by atoms with Crippen LogP contribution in [0.3, 0.4) is 0 Å². The van der Waals surface area contributed by atoms with E-state index in [0.29, 0.717) is 5.41 Å². The van der Waals surface area contributed by atoms with E-state index in [4.69, 9.17) is 5.73 Å². The maximum absolute atomic E-state index is 5.70. The molecule has 2 rings (SSSR count). The first-order valence-corrected chi connectivity index (χ1v) is 6.25. The maximum Gasteiger partial charge on any atom is 0.187 e. The molecule has 3 nitrogen and oxygen atoms in total. The molecule has 0 amide bonds. The van der Waals surface area contributed by atoms with Crippen LogP contribution in [-0.2, 0) is 0 Å². The summed E-state index contributed by atoms with van der Waals surface area (Å²) in [6, 6.07) is 0. The lowest BCUT2D eigenvalue weighted by Gasteiger charge is -2.26. The molecular formula is C11H19N3S. The van der Waals surface area contributed by atoms with E-state index in [1.54, 1.807) is 17.5 Å². The van der Waals surface area contributed by atoms with Crippen molar-refractivity contribution in [2.24, 2.45) is 11.3 Å².